The summed E-state index contributed by atoms with van der Waals surface area (Å²) < 4.78 is 0. The Morgan fingerprint density at radius 2 is 0.676 bits per heavy atom. The van der Waals surface area contributed by atoms with Crippen molar-refractivity contribution in [2.24, 2.45) is 0 Å². The molecular formula is C70H49N. The Labute approximate surface area is 416 Å². The van der Waals surface area contributed by atoms with Gasteiger partial charge in [-0.05, 0) is 124 Å². The minimum atomic E-state index is -0.498. The van der Waals surface area contributed by atoms with E-state index in [4.69, 9.17) is 0 Å². The molecule has 14 rings (SSSR count). The van der Waals surface area contributed by atoms with Crippen molar-refractivity contribution in [1.29, 1.82) is 0 Å². The second-order valence-corrected chi connectivity index (χ2v) is 19.8. The first-order valence-electron chi connectivity index (χ1n) is 24.9. The van der Waals surface area contributed by atoms with Gasteiger partial charge in [0.15, 0.2) is 0 Å². The summed E-state index contributed by atoms with van der Waals surface area (Å²) in [4.78, 5) is 2.59. The molecular weight excluding hydrogens is 855 g/mol. The molecule has 1 heteroatoms. The van der Waals surface area contributed by atoms with Crippen molar-refractivity contribution in [1.82, 2.24) is 0 Å². The summed E-state index contributed by atoms with van der Waals surface area (Å²) in [5.74, 6) is 0. The van der Waals surface area contributed by atoms with E-state index in [0.29, 0.717) is 0 Å². The molecule has 0 amide bonds. The third-order valence-electron chi connectivity index (χ3n) is 15.9. The van der Waals surface area contributed by atoms with E-state index < -0.39 is 5.41 Å². The highest BCUT2D eigenvalue weighted by atomic mass is 15.1. The Hall–Kier alpha value is -8.78. The van der Waals surface area contributed by atoms with Crippen LogP contribution in [-0.2, 0) is 10.8 Å². The summed E-state index contributed by atoms with van der Waals surface area (Å²) >= 11 is 0. The van der Waals surface area contributed by atoms with Gasteiger partial charge in [-0.3, -0.25) is 0 Å². The standard InChI is InChI=1S/C70H49N/c1-69(2)59-38-15-11-32-55(59)57-37-20-36-52(68(57)69)48-27-19-28-49(45-48)71(64-43-21-35-51(47-25-7-4-8-26-47)66(64)56-33-10-9-29-50(56)46-23-5-3-6-24-46)65-44-22-42-63-67(65)58-34-14-18-41-62(58)70(63)60-39-16-12-30-53(60)54-31-13-17-40-61(54)70/h3-45H,1-2H3. The highest BCUT2D eigenvalue weighted by molar-refractivity contribution is 6.06. The van der Waals surface area contributed by atoms with Crippen molar-refractivity contribution in [3.05, 3.63) is 294 Å². The van der Waals surface area contributed by atoms with Gasteiger partial charge in [-0.15, -0.1) is 0 Å². The van der Waals surface area contributed by atoms with Crippen LogP contribution in [0.25, 0.3) is 77.9 Å². The summed E-state index contributed by atoms with van der Waals surface area (Å²) in [6, 6.07) is 97.4. The lowest BCUT2D eigenvalue weighted by Crippen LogP contribution is -2.26. The zero-order valence-corrected chi connectivity index (χ0v) is 39.8. The minimum absolute atomic E-state index is 0.178. The average Bonchev–Trinajstić information content (AvgIpc) is 4.02. The van der Waals surface area contributed by atoms with Gasteiger partial charge in [0.2, 0.25) is 0 Å². The first-order valence-corrected chi connectivity index (χ1v) is 24.9. The maximum atomic E-state index is 2.59. The fourth-order valence-electron chi connectivity index (χ4n) is 13.1. The monoisotopic (exact) mass is 903 g/mol. The van der Waals surface area contributed by atoms with Crippen LogP contribution in [0.1, 0.15) is 47.2 Å². The minimum Gasteiger partial charge on any atom is -0.309 e. The zero-order valence-electron chi connectivity index (χ0n) is 39.8. The van der Waals surface area contributed by atoms with E-state index in [0.717, 1.165) is 17.1 Å². The van der Waals surface area contributed by atoms with E-state index in [9.17, 15) is 0 Å². The van der Waals surface area contributed by atoms with Crippen molar-refractivity contribution < 1.29 is 0 Å². The molecule has 334 valence electrons. The summed E-state index contributed by atoms with van der Waals surface area (Å²) in [6.07, 6.45) is 0. The lowest BCUT2D eigenvalue weighted by atomic mass is 9.70. The van der Waals surface area contributed by atoms with Gasteiger partial charge >= 0.3 is 0 Å². The van der Waals surface area contributed by atoms with Gasteiger partial charge < -0.3 is 4.90 Å². The molecule has 0 heterocycles. The summed E-state index contributed by atoms with van der Waals surface area (Å²) in [6.45, 7) is 4.78. The van der Waals surface area contributed by atoms with Crippen LogP contribution in [0.3, 0.4) is 0 Å². The smallest absolute Gasteiger partial charge is 0.0726 e. The van der Waals surface area contributed by atoms with Crippen LogP contribution in [0.2, 0.25) is 0 Å². The van der Waals surface area contributed by atoms with Gasteiger partial charge in [-0.2, -0.15) is 0 Å². The predicted octanol–water partition coefficient (Wildman–Crippen LogP) is 18.5. The van der Waals surface area contributed by atoms with Crippen molar-refractivity contribution in [3.63, 3.8) is 0 Å². The normalized spacial score (nSPS) is 13.7. The number of nitrogens with zero attached hydrogens (tertiary/aromatic N) is 1. The molecule has 0 aliphatic heterocycles. The van der Waals surface area contributed by atoms with Gasteiger partial charge in [0, 0.05) is 22.2 Å². The van der Waals surface area contributed by atoms with Crippen LogP contribution in [0.5, 0.6) is 0 Å². The number of rotatable bonds is 7. The highest BCUT2D eigenvalue weighted by Gasteiger charge is 2.52. The lowest BCUT2D eigenvalue weighted by Gasteiger charge is -2.33. The predicted molar refractivity (Wildman–Crippen MR) is 297 cm³/mol. The first kappa shape index (κ1) is 41.2. The molecule has 0 unspecified atom stereocenters. The van der Waals surface area contributed by atoms with E-state index in [-0.39, 0.29) is 5.41 Å². The van der Waals surface area contributed by atoms with Crippen LogP contribution in [0, 0.1) is 0 Å². The molecule has 3 aliphatic carbocycles. The Morgan fingerprint density at radius 1 is 0.268 bits per heavy atom. The van der Waals surface area contributed by atoms with Crippen molar-refractivity contribution >= 4 is 17.1 Å². The quantitative estimate of drug-likeness (QED) is 0.154. The largest absolute Gasteiger partial charge is 0.309 e. The topological polar surface area (TPSA) is 3.24 Å². The van der Waals surface area contributed by atoms with Crippen molar-refractivity contribution in [2.45, 2.75) is 24.7 Å². The summed E-state index contributed by atoms with van der Waals surface area (Å²) in [5.41, 5.74) is 28.0. The van der Waals surface area contributed by atoms with E-state index in [1.54, 1.807) is 0 Å². The number of anilines is 3. The number of hydrogen-bond donors (Lipinski definition) is 0. The zero-order chi connectivity index (χ0) is 47.3. The maximum Gasteiger partial charge on any atom is 0.0726 e. The van der Waals surface area contributed by atoms with E-state index in [1.807, 2.05) is 0 Å². The SMILES string of the molecule is CC1(C)c2ccccc2-c2cccc(-c3cccc(N(c4cccc(-c5ccccc5)c4-c4ccccc4-c4ccccc4)c4cccc5c4-c4ccccc4C54c5ccccc5-c5ccccc54)c3)c21. The molecule has 3 aliphatic rings. The molecule has 1 nitrogen and oxygen atoms in total. The third-order valence-corrected chi connectivity index (χ3v) is 15.9. The molecule has 0 saturated heterocycles. The van der Waals surface area contributed by atoms with Crippen LogP contribution < -0.4 is 4.90 Å². The third kappa shape index (κ3) is 5.93. The fourth-order valence-corrected chi connectivity index (χ4v) is 13.1. The molecule has 0 bridgehead atoms. The number of fused-ring (bicyclic) bond motifs is 13. The maximum absolute atomic E-state index is 2.59. The second kappa shape index (κ2) is 15.9. The Balaban J connectivity index is 1.09. The fraction of sp³-hybridized carbons (Fsp3) is 0.0571. The van der Waals surface area contributed by atoms with E-state index in [1.165, 1.54) is 111 Å². The summed E-state index contributed by atoms with van der Waals surface area (Å²) in [5, 5.41) is 0. The number of benzene rings is 11. The lowest BCUT2D eigenvalue weighted by molar-refractivity contribution is 0.662. The van der Waals surface area contributed by atoms with Crippen LogP contribution in [0.4, 0.5) is 17.1 Å². The van der Waals surface area contributed by atoms with E-state index in [2.05, 4.69) is 280 Å². The molecule has 11 aromatic rings. The molecule has 0 fully saturated rings. The molecule has 0 aromatic heterocycles. The molecule has 71 heavy (non-hydrogen) atoms. The molecule has 0 saturated carbocycles. The van der Waals surface area contributed by atoms with Gasteiger partial charge in [0.1, 0.15) is 0 Å². The summed E-state index contributed by atoms with van der Waals surface area (Å²) in [7, 11) is 0. The Kier molecular flexibility index (Phi) is 9.22. The first-order chi connectivity index (χ1) is 35.0. The van der Waals surface area contributed by atoms with Crippen LogP contribution in [-0.4, -0.2) is 0 Å². The van der Waals surface area contributed by atoms with E-state index >= 15 is 0 Å². The molecule has 0 N–H and O–H groups in total. The van der Waals surface area contributed by atoms with Crippen LogP contribution >= 0.6 is 0 Å². The molecule has 1 spiro atoms. The Bertz CT molecular complexity index is 3870. The molecule has 0 atom stereocenters. The van der Waals surface area contributed by atoms with Crippen LogP contribution in [0.15, 0.2) is 261 Å². The molecule has 11 aromatic carbocycles. The second-order valence-electron chi connectivity index (χ2n) is 19.8. The molecule has 0 radical (unpaired) electrons. The van der Waals surface area contributed by atoms with Gasteiger partial charge in [-0.25, -0.2) is 0 Å². The number of hydrogen-bond acceptors (Lipinski definition) is 1. The van der Waals surface area contributed by atoms with Gasteiger partial charge in [0.05, 0.1) is 16.8 Å². The van der Waals surface area contributed by atoms with Crippen molar-refractivity contribution in [3.8, 4) is 77.9 Å². The van der Waals surface area contributed by atoms with Gasteiger partial charge in [-0.1, -0.05) is 250 Å². The average molecular weight is 904 g/mol. The Morgan fingerprint density at radius 3 is 1.34 bits per heavy atom. The van der Waals surface area contributed by atoms with Gasteiger partial charge in [0.25, 0.3) is 0 Å². The highest BCUT2D eigenvalue weighted by Crippen LogP contribution is 2.65. The van der Waals surface area contributed by atoms with Crippen molar-refractivity contribution in [2.75, 3.05) is 4.90 Å².